The molecule has 0 fully saturated rings. The van der Waals surface area contributed by atoms with Gasteiger partial charge < -0.3 is 15.6 Å². The Morgan fingerprint density at radius 1 is 1.67 bits per heavy atom. The number of likely N-dealkylation sites (N-methyl/N-ethyl adjacent to an activating group) is 1. The first-order chi connectivity index (χ1) is 7.20. The first-order valence-electron chi connectivity index (χ1n) is 5.34. The molecule has 0 aromatic heterocycles. The van der Waals surface area contributed by atoms with E-state index in [0.29, 0.717) is 5.92 Å². The smallest absolute Gasteiger partial charge is 0.0529 e. The zero-order valence-corrected chi connectivity index (χ0v) is 9.44. The predicted octanol–water partition coefficient (Wildman–Crippen LogP) is 2.04. The van der Waals surface area contributed by atoms with Gasteiger partial charge in [-0.05, 0) is 25.5 Å². The molecule has 3 heteroatoms. The summed E-state index contributed by atoms with van der Waals surface area (Å²) in [6.07, 6.45) is 8.82. The fourth-order valence-electron chi connectivity index (χ4n) is 1.87. The molecule has 0 aromatic carbocycles. The summed E-state index contributed by atoms with van der Waals surface area (Å²) in [5, 5.41) is 15.6. The molecule has 1 aliphatic carbocycles. The maximum atomic E-state index is 11.4. The first kappa shape index (κ1) is 12.0. The maximum Gasteiger partial charge on any atom is 0.0529 e. The highest BCUT2D eigenvalue weighted by Gasteiger charge is 2.22. The quantitative estimate of drug-likeness (QED) is 0.554. The van der Waals surface area contributed by atoms with Crippen molar-refractivity contribution in [2.45, 2.75) is 19.4 Å². The van der Waals surface area contributed by atoms with Crippen LogP contribution in [0.2, 0.25) is 0 Å². The predicted molar refractivity (Wildman–Crippen MR) is 64.1 cm³/mol. The van der Waals surface area contributed by atoms with Crippen LogP contribution in [0.1, 0.15) is 13.3 Å². The minimum Gasteiger partial charge on any atom is -0.759 e. The summed E-state index contributed by atoms with van der Waals surface area (Å²) < 4.78 is 0. The summed E-state index contributed by atoms with van der Waals surface area (Å²) in [4.78, 5) is 0. The molecule has 1 aliphatic rings. The Kier molecular flexibility index (Phi) is 4.59. The zero-order chi connectivity index (χ0) is 11.3. The van der Waals surface area contributed by atoms with Crippen LogP contribution in [0.4, 0.5) is 0 Å². The molecule has 2 unspecified atom stereocenters. The number of allylic oxidation sites excluding steroid dienone is 2. The molecular weight excluding hydrogens is 188 g/mol. The van der Waals surface area contributed by atoms with Gasteiger partial charge in [0.25, 0.3) is 0 Å². The summed E-state index contributed by atoms with van der Waals surface area (Å²) in [6.45, 7) is 6.53. The number of hydrogen-bond acceptors (Lipinski definition) is 3. The minimum absolute atomic E-state index is 0.112. The summed E-state index contributed by atoms with van der Waals surface area (Å²) in [7, 11) is 1.54. The Morgan fingerprint density at radius 2 is 2.40 bits per heavy atom. The Hall–Kier alpha value is -1.06. The molecule has 1 rings (SSSR count). The lowest BCUT2D eigenvalue weighted by Gasteiger charge is -2.38. The van der Waals surface area contributed by atoms with E-state index in [1.807, 2.05) is 18.2 Å². The standard InChI is InChI=1S/C12H19N2O/c1-4-9-13-12-10(5-2)7-6-8-11(12)14(3)15/h4,6-8,10,12-13H,1,5,9H2,2-3H3/q-1. The van der Waals surface area contributed by atoms with E-state index in [-0.39, 0.29) is 6.04 Å². The zero-order valence-electron chi connectivity index (χ0n) is 9.44. The van der Waals surface area contributed by atoms with Crippen molar-refractivity contribution in [3.05, 3.63) is 41.8 Å². The Balaban J connectivity index is 2.77. The summed E-state index contributed by atoms with van der Waals surface area (Å²) in [5.41, 5.74) is 0.797. The van der Waals surface area contributed by atoms with Crippen molar-refractivity contribution in [1.82, 2.24) is 10.4 Å². The highest BCUT2D eigenvalue weighted by molar-refractivity contribution is 5.25. The van der Waals surface area contributed by atoms with Crippen molar-refractivity contribution in [3.8, 4) is 0 Å². The Bertz CT molecular complexity index is 269. The average molecular weight is 207 g/mol. The van der Waals surface area contributed by atoms with Crippen LogP contribution < -0.4 is 5.32 Å². The van der Waals surface area contributed by atoms with Gasteiger partial charge in [-0.1, -0.05) is 25.2 Å². The van der Waals surface area contributed by atoms with Gasteiger partial charge in [0.2, 0.25) is 0 Å². The van der Waals surface area contributed by atoms with Gasteiger partial charge in [0.15, 0.2) is 0 Å². The number of rotatable bonds is 5. The molecule has 0 bridgehead atoms. The van der Waals surface area contributed by atoms with Gasteiger partial charge in [0.05, 0.1) is 6.04 Å². The van der Waals surface area contributed by atoms with Gasteiger partial charge in [0, 0.05) is 12.2 Å². The van der Waals surface area contributed by atoms with Crippen LogP contribution in [0.3, 0.4) is 0 Å². The topological polar surface area (TPSA) is 38.3 Å². The van der Waals surface area contributed by atoms with Crippen molar-refractivity contribution < 1.29 is 0 Å². The maximum absolute atomic E-state index is 11.4. The summed E-state index contributed by atoms with van der Waals surface area (Å²) in [5.74, 6) is 0.390. The lowest BCUT2D eigenvalue weighted by molar-refractivity contribution is 0.382. The SMILES string of the molecule is C=CCNC1C(N(C)[O-])=CC=CC1CC. The second kappa shape index (κ2) is 5.73. The van der Waals surface area contributed by atoms with Crippen LogP contribution in [0.25, 0.3) is 0 Å². The lowest BCUT2D eigenvalue weighted by Crippen LogP contribution is -2.42. The Morgan fingerprint density at radius 3 is 2.93 bits per heavy atom. The normalized spacial score (nSPS) is 24.9. The second-order valence-corrected chi connectivity index (χ2v) is 3.72. The van der Waals surface area contributed by atoms with E-state index in [1.54, 1.807) is 7.05 Å². The van der Waals surface area contributed by atoms with E-state index in [0.717, 1.165) is 23.7 Å². The first-order valence-corrected chi connectivity index (χ1v) is 5.34. The average Bonchev–Trinajstić information content (AvgIpc) is 2.25. The molecule has 0 spiro atoms. The summed E-state index contributed by atoms with van der Waals surface area (Å²) in [6, 6.07) is 0.112. The third-order valence-electron chi connectivity index (χ3n) is 2.69. The second-order valence-electron chi connectivity index (χ2n) is 3.72. The van der Waals surface area contributed by atoms with E-state index >= 15 is 0 Å². The molecule has 0 heterocycles. The Labute approximate surface area is 91.7 Å². The molecule has 84 valence electrons. The molecule has 2 atom stereocenters. The summed E-state index contributed by atoms with van der Waals surface area (Å²) >= 11 is 0. The molecule has 0 saturated carbocycles. The number of hydrogen-bond donors (Lipinski definition) is 1. The third-order valence-corrected chi connectivity index (χ3v) is 2.69. The minimum atomic E-state index is 0.112. The molecular formula is C12H19N2O-. The lowest BCUT2D eigenvalue weighted by atomic mass is 9.90. The molecule has 0 amide bonds. The van der Waals surface area contributed by atoms with Crippen molar-refractivity contribution in [2.75, 3.05) is 13.6 Å². The van der Waals surface area contributed by atoms with Gasteiger partial charge in [-0.2, -0.15) is 0 Å². The third kappa shape index (κ3) is 2.94. The van der Waals surface area contributed by atoms with Gasteiger partial charge in [-0.15, -0.1) is 6.58 Å². The highest BCUT2D eigenvalue weighted by atomic mass is 16.5. The van der Waals surface area contributed by atoms with Gasteiger partial charge in [0.1, 0.15) is 0 Å². The fraction of sp³-hybridized carbons (Fsp3) is 0.500. The number of nitrogens with zero attached hydrogens (tertiary/aromatic N) is 1. The number of hydroxylamine groups is 2. The van der Waals surface area contributed by atoms with Crippen molar-refractivity contribution in [3.63, 3.8) is 0 Å². The van der Waals surface area contributed by atoms with E-state index in [9.17, 15) is 5.21 Å². The van der Waals surface area contributed by atoms with Crippen LogP contribution in [-0.2, 0) is 0 Å². The largest absolute Gasteiger partial charge is 0.759 e. The van der Waals surface area contributed by atoms with E-state index in [4.69, 9.17) is 0 Å². The van der Waals surface area contributed by atoms with E-state index in [2.05, 4.69) is 24.9 Å². The molecule has 15 heavy (non-hydrogen) atoms. The van der Waals surface area contributed by atoms with Gasteiger partial charge >= 0.3 is 0 Å². The fourth-order valence-corrected chi connectivity index (χ4v) is 1.87. The van der Waals surface area contributed by atoms with Crippen LogP contribution >= 0.6 is 0 Å². The molecule has 3 nitrogen and oxygen atoms in total. The van der Waals surface area contributed by atoms with Crippen LogP contribution in [0.15, 0.2) is 36.6 Å². The highest BCUT2D eigenvalue weighted by Crippen LogP contribution is 2.23. The van der Waals surface area contributed by atoms with Crippen LogP contribution in [0, 0.1) is 11.1 Å². The van der Waals surface area contributed by atoms with Crippen molar-refractivity contribution in [2.24, 2.45) is 5.92 Å². The number of nitrogens with one attached hydrogen (secondary N) is 1. The molecule has 0 saturated heterocycles. The molecule has 0 radical (unpaired) electrons. The molecule has 0 aromatic rings. The molecule has 0 aliphatic heterocycles. The monoisotopic (exact) mass is 207 g/mol. The van der Waals surface area contributed by atoms with E-state index < -0.39 is 0 Å². The van der Waals surface area contributed by atoms with E-state index in [1.165, 1.54) is 0 Å². The van der Waals surface area contributed by atoms with Crippen molar-refractivity contribution >= 4 is 0 Å². The van der Waals surface area contributed by atoms with Gasteiger partial charge in [-0.3, -0.25) is 0 Å². The van der Waals surface area contributed by atoms with Crippen LogP contribution in [0.5, 0.6) is 0 Å². The van der Waals surface area contributed by atoms with Gasteiger partial charge in [-0.25, -0.2) is 0 Å². The van der Waals surface area contributed by atoms with Crippen LogP contribution in [-0.4, -0.2) is 24.7 Å². The van der Waals surface area contributed by atoms with Crippen molar-refractivity contribution in [1.29, 1.82) is 0 Å². The molecule has 1 N–H and O–H groups in total.